The normalized spacial score (nSPS) is 11.4. The highest BCUT2D eigenvalue weighted by Gasteiger charge is 2.24. The van der Waals surface area contributed by atoms with Crippen LogP contribution in [0.25, 0.3) is 11.1 Å². The van der Waals surface area contributed by atoms with Gasteiger partial charge in [0.2, 0.25) is 0 Å². The zero-order valence-electron chi connectivity index (χ0n) is 21.4. The fourth-order valence-corrected chi connectivity index (χ4v) is 4.23. The van der Waals surface area contributed by atoms with Crippen molar-refractivity contribution in [3.05, 3.63) is 94.5 Å². The number of halogens is 1. The van der Waals surface area contributed by atoms with E-state index in [9.17, 15) is 24.3 Å². The average molecular weight is 536 g/mol. The van der Waals surface area contributed by atoms with Gasteiger partial charge in [-0.2, -0.15) is 0 Å². The minimum atomic E-state index is -1.07. The smallest absolute Gasteiger partial charge is 0.325 e. The van der Waals surface area contributed by atoms with Gasteiger partial charge in [0.15, 0.2) is 5.78 Å². The third-order valence-electron chi connectivity index (χ3n) is 6.19. The van der Waals surface area contributed by atoms with Gasteiger partial charge in [0.25, 0.3) is 5.91 Å². The summed E-state index contributed by atoms with van der Waals surface area (Å²) < 4.78 is 4.91. The number of carboxylic acid groups (broad SMARTS) is 1. The summed E-state index contributed by atoms with van der Waals surface area (Å²) in [4.78, 5) is 50.8. The summed E-state index contributed by atoms with van der Waals surface area (Å²) in [7, 11) is 1.51. The Hall–Kier alpha value is -3.97. The highest BCUT2D eigenvalue weighted by molar-refractivity contribution is 6.30. The molecule has 1 unspecified atom stereocenters. The molecule has 0 aromatic heterocycles. The van der Waals surface area contributed by atoms with Gasteiger partial charge in [-0.05, 0) is 54.7 Å². The SMILES string of the molecule is CCOC(=O)CN(C)C(=O)c1ccccc1CCC(CC(=O)c1ccc(-c2ccc(Cl)cc2)cc1)C(=O)O. The zero-order valence-corrected chi connectivity index (χ0v) is 22.1. The van der Waals surface area contributed by atoms with Crippen LogP contribution in [0.15, 0.2) is 72.8 Å². The third-order valence-corrected chi connectivity index (χ3v) is 6.45. The summed E-state index contributed by atoms with van der Waals surface area (Å²) in [6.07, 6.45) is 0.305. The summed E-state index contributed by atoms with van der Waals surface area (Å²) in [5.74, 6) is -3.12. The maximum atomic E-state index is 12.9. The first kappa shape index (κ1) is 28.6. The van der Waals surface area contributed by atoms with E-state index < -0.39 is 17.9 Å². The molecule has 0 saturated heterocycles. The van der Waals surface area contributed by atoms with Crippen LogP contribution in [0.1, 0.15) is 46.0 Å². The van der Waals surface area contributed by atoms with Gasteiger partial charge in [0, 0.05) is 29.6 Å². The highest BCUT2D eigenvalue weighted by Crippen LogP contribution is 2.24. The molecule has 1 N–H and O–H groups in total. The lowest BCUT2D eigenvalue weighted by Gasteiger charge is -2.19. The summed E-state index contributed by atoms with van der Waals surface area (Å²) in [6, 6.07) is 21.2. The monoisotopic (exact) mass is 535 g/mol. The number of carboxylic acids is 1. The number of rotatable bonds is 12. The predicted octanol–water partition coefficient (Wildman–Crippen LogP) is 5.55. The predicted molar refractivity (Wildman–Crippen MR) is 145 cm³/mol. The Kier molecular flexibility index (Phi) is 10.2. The van der Waals surface area contributed by atoms with Crippen molar-refractivity contribution in [3.63, 3.8) is 0 Å². The van der Waals surface area contributed by atoms with Crippen molar-refractivity contribution in [3.8, 4) is 11.1 Å². The largest absolute Gasteiger partial charge is 0.481 e. The van der Waals surface area contributed by atoms with Crippen molar-refractivity contribution in [2.24, 2.45) is 5.92 Å². The van der Waals surface area contributed by atoms with E-state index in [0.29, 0.717) is 21.7 Å². The first-order chi connectivity index (χ1) is 18.2. The minimum absolute atomic E-state index is 0.158. The Labute approximate surface area is 227 Å². The molecule has 1 atom stereocenters. The van der Waals surface area contributed by atoms with E-state index in [4.69, 9.17) is 16.3 Å². The Morgan fingerprint density at radius 1 is 0.921 bits per heavy atom. The molecule has 3 aromatic rings. The number of nitrogens with zero attached hydrogens (tertiary/aromatic N) is 1. The second-order valence-electron chi connectivity index (χ2n) is 8.91. The van der Waals surface area contributed by atoms with Gasteiger partial charge in [-0.3, -0.25) is 19.2 Å². The van der Waals surface area contributed by atoms with Gasteiger partial charge in [0.1, 0.15) is 6.54 Å². The number of hydrogen-bond acceptors (Lipinski definition) is 5. The number of carbonyl (C=O) groups is 4. The molecule has 0 spiro atoms. The van der Waals surface area contributed by atoms with Crippen LogP contribution in [-0.2, 0) is 20.7 Å². The van der Waals surface area contributed by atoms with Crippen molar-refractivity contribution >= 4 is 35.2 Å². The number of likely N-dealkylation sites (N-methyl/N-ethyl adjacent to an activating group) is 1. The van der Waals surface area contributed by atoms with Crippen LogP contribution >= 0.6 is 11.6 Å². The van der Waals surface area contributed by atoms with Gasteiger partial charge in [-0.15, -0.1) is 0 Å². The molecule has 38 heavy (non-hydrogen) atoms. The number of ketones is 1. The third kappa shape index (κ3) is 7.76. The molecular formula is C30H30ClNO6. The van der Waals surface area contributed by atoms with Crippen molar-refractivity contribution in [1.82, 2.24) is 4.90 Å². The summed E-state index contributed by atoms with van der Waals surface area (Å²) in [5, 5.41) is 10.4. The second kappa shape index (κ2) is 13.5. The van der Waals surface area contributed by atoms with Gasteiger partial charge in [-0.25, -0.2) is 0 Å². The Balaban J connectivity index is 1.66. The molecule has 1 amide bonds. The molecule has 0 aliphatic carbocycles. The average Bonchev–Trinajstić information content (AvgIpc) is 2.91. The lowest BCUT2D eigenvalue weighted by molar-refractivity contribution is -0.144. The lowest BCUT2D eigenvalue weighted by atomic mass is 9.90. The van der Waals surface area contributed by atoms with Crippen LogP contribution in [0.3, 0.4) is 0 Å². The number of benzene rings is 3. The van der Waals surface area contributed by atoms with E-state index in [1.807, 2.05) is 24.3 Å². The van der Waals surface area contributed by atoms with Gasteiger partial charge >= 0.3 is 11.9 Å². The fourth-order valence-electron chi connectivity index (χ4n) is 4.10. The highest BCUT2D eigenvalue weighted by atomic mass is 35.5. The van der Waals surface area contributed by atoms with E-state index in [1.165, 1.54) is 11.9 Å². The van der Waals surface area contributed by atoms with Gasteiger partial charge in [0.05, 0.1) is 12.5 Å². The van der Waals surface area contributed by atoms with E-state index >= 15 is 0 Å². The van der Waals surface area contributed by atoms with Crippen LogP contribution in [0, 0.1) is 5.92 Å². The number of esters is 1. The summed E-state index contributed by atoms with van der Waals surface area (Å²) in [6.45, 7) is 1.72. The summed E-state index contributed by atoms with van der Waals surface area (Å²) >= 11 is 5.94. The topological polar surface area (TPSA) is 101 Å². The maximum absolute atomic E-state index is 12.9. The van der Waals surface area contributed by atoms with Crippen LogP contribution in [0.2, 0.25) is 5.02 Å². The molecule has 0 heterocycles. The van der Waals surface area contributed by atoms with Crippen LogP contribution in [0.4, 0.5) is 0 Å². The molecule has 0 aliphatic rings. The van der Waals surface area contributed by atoms with Crippen LogP contribution < -0.4 is 0 Å². The fraction of sp³-hybridized carbons (Fsp3) is 0.267. The lowest BCUT2D eigenvalue weighted by Crippen LogP contribution is -2.33. The molecule has 8 heteroatoms. The number of hydrogen-bond donors (Lipinski definition) is 1. The zero-order chi connectivity index (χ0) is 27.7. The first-order valence-electron chi connectivity index (χ1n) is 12.3. The quantitative estimate of drug-likeness (QED) is 0.241. The van der Waals surface area contributed by atoms with Crippen LogP contribution in [0.5, 0.6) is 0 Å². The van der Waals surface area contributed by atoms with Crippen molar-refractivity contribution < 1.29 is 29.0 Å². The number of carbonyl (C=O) groups excluding carboxylic acids is 3. The number of ether oxygens (including phenoxy) is 1. The molecule has 0 aliphatic heterocycles. The van der Waals surface area contributed by atoms with Gasteiger partial charge in [-0.1, -0.05) is 66.2 Å². The van der Waals surface area contributed by atoms with Crippen molar-refractivity contribution in [2.75, 3.05) is 20.2 Å². The Bertz CT molecular complexity index is 1290. The van der Waals surface area contributed by atoms with Crippen molar-refractivity contribution in [1.29, 1.82) is 0 Å². The molecule has 3 aromatic carbocycles. The van der Waals surface area contributed by atoms with E-state index in [1.54, 1.807) is 55.5 Å². The molecule has 0 saturated carbocycles. The molecule has 0 fully saturated rings. The van der Waals surface area contributed by atoms with E-state index in [2.05, 4.69) is 0 Å². The first-order valence-corrected chi connectivity index (χ1v) is 12.7. The van der Waals surface area contributed by atoms with Gasteiger partial charge < -0.3 is 14.7 Å². The molecular weight excluding hydrogens is 506 g/mol. The number of aliphatic carboxylic acids is 1. The Morgan fingerprint density at radius 3 is 2.13 bits per heavy atom. The number of Topliss-reactive ketones (excluding diaryl/α,β-unsaturated/α-hetero) is 1. The molecule has 3 rings (SSSR count). The summed E-state index contributed by atoms with van der Waals surface area (Å²) in [5.41, 5.74) is 3.34. The molecule has 0 radical (unpaired) electrons. The standard InChI is InChI=1S/C30H30ClNO6/c1-3-38-28(34)19-32(2)29(35)26-7-5-4-6-22(26)10-13-24(30(36)37)18-27(33)23-11-8-20(9-12-23)21-14-16-25(31)17-15-21/h4-9,11-12,14-17,24H,3,10,13,18-19H2,1-2H3,(H,36,37). The Morgan fingerprint density at radius 2 is 1.53 bits per heavy atom. The van der Waals surface area contributed by atoms with Crippen molar-refractivity contribution in [2.45, 2.75) is 26.2 Å². The molecule has 198 valence electrons. The number of amides is 1. The second-order valence-corrected chi connectivity index (χ2v) is 9.35. The number of aryl methyl sites for hydroxylation is 1. The maximum Gasteiger partial charge on any atom is 0.325 e. The van der Waals surface area contributed by atoms with Crippen LogP contribution in [-0.4, -0.2) is 53.8 Å². The molecule has 0 bridgehead atoms. The van der Waals surface area contributed by atoms with E-state index in [0.717, 1.165) is 11.1 Å². The molecule has 7 nitrogen and oxygen atoms in total. The van der Waals surface area contributed by atoms with E-state index in [-0.39, 0.29) is 44.1 Å². The minimum Gasteiger partial charge on any atom is -0.481 e.